The van der Waals surface area contributed by atoms with Gasteiger partial charge in [-0.2, -0.15) is 0 Å². The standard InChI is InChI=1S/C20H18ClN3O3/c1-14-6-2-5-9-17(14)24-11-10-23(19(26)20(24)27)13-18(25)22-12-15-7-3-4-8-16(15)21/h2-11H,12-13H2,1H3,(H,22,25). The number of amides is 1. The summed E-state index contributed by atoms with van der Waals surface area (Å²) in [7, 11) is 0. The Morgan fingerprint density at radius 2 is 1.70 bits per heavy atom. The van der Waals surface area contributed by atoms with Crippen LogP contribution in [-0.2, 0) is 17.9 Å². The lowest BCUT2D eigenvalue weighted by Gasteiger charge is -2.11. The van der Waals surface area contributed by atoms with E-state index in [0.717, 1.165) is 15.7 Å². The summed E-state index contributed by atoms with van der Waals surface area (Å²) in [4.78, 5) is 36.9. The van der Waals surface area contributed by atoms with E-state index < -0.39 is 11.1 Å². The molecule has 1 heterocycles. The number of aromatic nitrogens is 2. The van der Waals surface area contributed by atoms with Crippen molar-refractivity contribution in [2.45, 2.75) is 20.0 Å². The van der Waals surface area contributed by atoms with Gasteiger partial charge in [-0.15, -0.1) is 0 Å². The van der Waals surface area contributed by atoms with Crippen molar-refractivity contribution in [3.05, 3.63) is 97.8 Å². The third-order valence-corrected chi connectivity index (χ3v) is 4.55. The zero-order chi connectivity index (χ0) is 19.4. The summed E-state index contributed by atoms with van der Waals surface area (Å²) < 4.78 is 2.38. The minimum absolute atomic E-state index is 0.243. The van der Waals surface area contributed by atoms with Crippen LogP contribution >= 0.6 is 11.6 Å². The number of nitrogens with one attached hydrogen (secondary N) is 1. The second-order valence-corrected chi connectivity index (χ2v) is 6.47. The Kier molecular flexibility index (Phi) is 5.57. The number of hydrogen-bond donors (Lipinski definition) is 1. The summed E-state index contributed by atoms with van der Waals surface area (Å²) in [5.74, 6) is -0.384. The smallest absolute Gasteiger partial charge is 0.320 e. The van der Waals surface area contributed by atoms with Gasteiger partial charge in [0.15, 0.2) is 0 Å². The molecule has 0 bridgehead atoms. The third kappa shape index (κ3) is 4.17. The van der Waals surface area contributed by atoms with E-state index in [-0.39, 0.29) is 19.0 Å². The van der Waals surface area contributed by atoms with Crippen LogP contribution in [0.15, 0.2) is 70.5 Å². The highest BCUT2D eigenvalue weighted by molar-refractivity contribution is 6.31. The number of para-hydroxylation sites is 1. The molecule has 3 rings (SSSR count). The van der Waals surface area contributed by atoms with Crippen LogP contribution in [0.2, 0.25) is 5.02 Å². The van der Waals surface area contributed by atoms with Crippen molar-refractivity contribution in [3.8, 4) is 5.69 Å². The van der Waals surface area contributed by atoms with Gasteiger partial charge in [0.05, 0.1) is 5.69 Å². The maximum atomic E-state index is 12.4. The molecule has 0 spiro atoms. The number of benzene rings is 2. The molecule has 1 N–H and O–H groups in total. The third-order valence-electron chi connectivity index (χ3n) is 4.18. The molecule has 0 radical (unpaired) electrons. The van der Waals surface area contributed by atoms with Crippen LogP contribution in [0, 0.1) is 6.92 Å². The Hall–Kier alpha value is -3.12. The van der Waals surface area contributed by atoms with E-state index in [0.29, 0.717) is 10.7 Å². The lowest BCUT2D eigenvalue weighted by Crippen LogP contribution is -2.42. The predicted octanol–water partition coefficient (Wildman–Crippen LogP) is 2.28. The second-order valence-electron chi connectivity index (χ2n) is 6.06. The largest absolute Gasteiger partial charge is 0.350 e. The van der Waals surface area contributed by atoms with Crippen LogP contribution in [0.1, 0.15) is 11.1 Å². The highest BCUT2D eigenvalue weighted by Crippen LogP contribution is 2.14. The molecule has 2 aromatic carbocycles. The number of aryl methyl sites for hydroxylation is 1. The molecule has 0 aliphatic carbocycles. The number of hydrogen-bond acceptors (Lipinski definition) is 3. The first-order chi connectivity index (χ1) is 13.0. The highest BCUT2D eigenvalue weighted by atomic mass is 35.5. The topological polar surface area (TPSA) is 73.1 Å². The monoisotopic (exact) mass is 383 g/mol. The van der Waals surface area contributed by atoms with Gasteiger partial charge in [0.25, 0.3) is 0 Å². The Labute approximate surface area is 160 Å². The summed E-state index contributed by atoms with van der Waals surface area (Å²) >= 11 is 6.05. The molecule has 0 fully saturated rings. The van der Waals surface area contributed by atoms with Gasteiger partial charge >= 0.3 is 11.1 Å². The van der Waals surface area contributed by atoms with Crippen LogP contribution in [0.3, 0.4) is 0 Å². The van der Waals surface area contributed by atoms with Gasteiger partial charge in [0.2, 0.25) is 5.91 Å². The van der Waals surface area contributed by atoms with Gasteiger partial charge in [-0.05, 0) is 30.2 Å². The molecule has 0 unspecified atom stereocenters. The first-order valence-electron chi connectivity index (χ1n) is 8.35. The molecule has 1 amide bonds. The summed E-state index contributed by atoms with van der Waals surface area (Å²) in [6.45, 7) is 1.86. The van der Waals surface area contributed by atoms with Crippen molar-refractivity contribution >= 4 is 17.5 Å². The van der Waals surface area contributed by atoms with Crippen LogP contribution in [0.5, 0.6) is 0 Å². The van der Waals surface area contributed by atoms with E-state index >= 15 is 0 Å². The lowest BCUT2D eigenvalue weighted by molar-refractivity contribution is -0.121. The molecule has 3 aromatic rings. The molecule has 6 nitrogen and oxygen atoms in total. The maximum absolute atomic E-state index is 12.4. The predicted molar refractivity (Wildman–Crippen MR) is 104 cm³/mol. The van der Waals surface area contributed by atoms with E-state index in [2.05, 4.69) is 5.32 Å². The Morgan fingerprint density at radius 3 is 2.44 bits per heavy atom. The quantitative estimate of drug-likeness (QED) is 0.687. The van der Waals surface area contributed by atoms with Crippen molar-refractivity contribution in [2.24, 2.45) is 0 Å². The molecule has 0 atom stereocenters. The van der Waals surface area contributed by atoms with E-state index in [4.69, 9.17) is 11.6 Å². The highest BCUT2D eigenvalue weighted by Gasteiger charge is 2.11. The minimum Gasteiger partial charge on any atom is -0.350 e. The van der Waals surface area contributed by atoms with Crippen LogP contribution in [-0.4, -0.2) is 15.0 Å². The second kappa shape index (κ2) is 8.05. The van der Waals surface area contributed by atoms with Crippen molar-refractivity contribution in [3.63, 3.8) is 0 Å². The van der Waals surface area contributed by atoms with E-state index in [1.807, 2.05) is 25.1 Å². The summed E-state index contributed by atoms with van der Waals surface area (Å²) in [6.07, 6.45) is 2.93. The van der Waals surface area contributed by atoms with E-state index in [9.17, 15) is 14.4 Å². The van der Waals surface area contributed by atoms with Crippen molar-refractivity contribution in [1.29, 1.82) is 0 Å². The Morgan fingerprint density at radius 1 is 1.00 bits per heavy atom. The number of nitrogens with zero attached hydrogens (tertiary/aromatic N) is 2. The first kappa shape index (κ1) is 18.7. The van der Waals surface area contributed by atoms with Gasteiger partial charge in [0.1, 0.15) is 6.54 Å². The van der Waals surface area contributed by atoms with Gasteiger partial charge < -0.3 is 5.32 Å². The summed E-state index contributed by atoms with van der Waals surface area (Å²) in [5, 5.41) is 3.25. The zero-order valence-electron chi connectivity index (χ0n) is 14.7. The molecule has 1 aromatic heterocycles. The number of halogens is 1. The van der Waals surface area contributed by atoms with Crippen molar-refractivity contribution in [1.82, 2.24) is 14.5 Å². The van der Waals surface area contributed by atoms with Gasteiger partial charge in [-0.25, -0.2) is 0 Å². The van der Waals surface area contributed by atoms with Crippen LogP contribution in [0.25, 0.3) is 5.69 Å². The van der Waals surface area contributed by atoms with Crippen LogP contribution < -0.4 is 16.4 Å². The number of carbonyl (C=O) groups excluding carboxylic acids is 1. The molecule has 0 aliphatic rings. The molecule has 0 aliphatic heterocycles. The molecule has 7 heteroatoms. The summed E-state index contributed by atoms with van der Waals surface area (Å²) in [5.41, 5.74) is 0.818. The van der Waals surface area contributed by atoms with Gasteiger partial charge in [-0.3, -0.25) is 23.5 Å². The fourth-order valence-corrected chi connectivity index (χ4v) is 2.91. The fraction of sp³-hybridized carbons (Fsp3) is 0.150. The van der Waals surface area contributed by atoms with E-state index in [1.54, 1.807) is 30.3 Å². The average Bonchev–Trinajstić information content (AvgIpc) is 2.66. The average molecular weight is 384 g/mol. The van der Waals surface area contributed by atoms with Crippen molar-refractivity contribution < 1.29 is 4.79 Å². The number of carbonyl (C=O) groups is 1. The zero-order valence-corrected chi connectivity index (χ0v) is 15.4. The Bertz CT molecular complexity index is 1100. The minimum atomic E-state index is -0.756. The molecule has 138 valence electrons. The van der Waals surface area contributed by atoms with Crippen LogP contribution in [0.4, 0.5) is 0 Å². The molecule has 0 saturated heterocycles. The van der Waals surface area contributed by atoms with E-state index in [1.165, 1.54) is 17.0 Å². The first-order valence-corrected chi connectivity index (χ1v) is 8.73. The summed E-state index contributed by atoms with van der Waals surface area (Å²) in [6, 6.07) is 14.4. The normalized spacial score (nSPS) is 10.6. The molecule has 27 heavy (non-hydrogen) atoms. The maximum Gasteiger partial charge on any atom is 0.320 e. The Balaban J connectivity index is 1.76. The SMILES string of the molecule is Cc1ccccc1-n1ccn(CC(=O)NCc2ccccc2Cl)c(=O)c1=O. The molecule has 0 saturated carbocycles. The molecular weight excluding hydrogens is 366 g/mol. The van der Waals surface area contributed by atoms with Gasteiger partial charge in [0, 0.05) is 24.0 Å². The number of rotatable bonds is 5. The lowest BCUT2D eigenvalue weighted by atomic mass is 10.2. The van der Waals surface area contributed by atoms with Crippen molar-refractivity contribution in [2.75, 3.05) is 0 Å². The fourth-order valence-electron chi connectivity index (χ4n) is 2.70. The van der Waals surface area contributed by atoms with Gasteiger partial charge in [-0.1, -0.05) is 48.0 Å². The molecular formula is C20H18ClN3O3.